The van der Waals surface area contributed by atoms with Crippen molar-refractivity contribution in [3.8, 4) is 5.75 Å². The van der Waals surface area contributed by atoms with E-state index in [-0.39, 0.29) is 18.7 Å². The summed E-state index contributed by atoms with van der Waals surface area (Å²) in [5.41, 5.74) is 5.40. The summed E-state index contributed by atoms with van der Waals surface area (Å²) in [6, 6.07) is 18.0. The summed E-state index contributed by atoms with van der Waals surface area (Å²) in [6.45, 7) is 3.04. The van der Waals surface area contributed by atoms with Crippen LogP contribution in [0, 0.1) is 6.92 Å². The van der Waals surface area contributed by atoms with Crippen LogP contribution in [0.5, 0.6) is 5.75 Å². The normalized spacial score (nSPS) is 12.2. The standard InChI is InChI=1S/C28H30N4O5/c1-18-5-3-4-6-21(18)30-28(36)31-22-10-7-20(16-25(22)37-2)17-26(33)32-14-13-29-23-15-19(8-11-24(23)32)9-12-27(34)35/h3-8,10-11,15-16,29H,9,12-14,17H2,1-2H3,(H,34,35)(H2,30,31,36). The summed E-state index contributed by atoms with van der Waals surface area (Å²) in [5.74, 6) is -0.457. The average molecular weight is 503 g/mol. The molecule has 0 unspecified atom stereocenters. The van der Waals surface area contributed by atoms with Crippen molar-refractivity contribution in [2.45, 2.75) is 26.2 Å². The lowest BCUT2D eigenvalue weighted by atomic mass is 10.0. The van der Waals surface area contributed by atoms with Gasteiger partial charge in [0.25, 0.3) is 0 Å². The molecule has 4 rings (SSSR count). The van der Waals surface area contributed by atoms with Crippen molar-refractivity contribution in [1.82, 2.24) is 0 Å². The van der Waals surface area contributed by atoms with Crippen LogP contribution >= 0.6 is 0 Å². The lowest BCUT2D eigenvalue weighted by molar-refractivity contribution is -0.137. The number of para-hydroxylation sites is 1. The van der Waals surface area contributed by atoms with Crippen molar-refractivity contribution in [1.29, 1.82) is 0 Å². The minimum Gasteiger partial charge on any atom is -0.495 e. The zero-order valence-corrected chi connectivity index (χ0v) is 20.8. The Morgan fingerprint density at radius 2 is 1.76 bits per heavy atom. The van der Waals surface area contributed by atoms with E-state index in [0.29, 0.717) is 36.6 Å². The van der Waals surface area contributed by atoms with Crippen molar-refractivity contribution in [2.75, 3.05) is 41.0 Å². The number of rotatable bonds is 8. The summed E-state index contributed by atoms with van der Waals surface area (Å²) >= 11 is 0. The zero-order chi connectivity index (χ0) is 26.4. The van der Waals surface area contributed by atoms with E-state index in [1.807, 2.05) is 49.4 Å². The molecule has 0 saturated carbocycles. The van der Waals surface area contributed by atoms with E-state index in [9.17, 15) is 14.4 Å². The quantitative estimate of drug-likeness (QED) is 0.356. The molecule has 192 valence electrons. The molecule has 0 atom stereocenters. The number of nitrogens with zero attached hydrogens (tertiary/aromatic N) is 1. The third-order valence-corrected chi connectivity index (χ3v) is 6.19. The van der Waals surface area contributed by atoms with Gasteiger partial charge in [0.15, 0.2) is 0 Å². The number of hydrogen-bond acceptors (Lipinski definition) is 5. The van der Waals surface area contributed by atoms with Crippen LogP contribution < -0.4 is 25.6 Å². The van der Waals surface area contributed by atoms with Crippen LogP contribution in [-0.2, 0) is 22.4 Å². The minimum absolute atomic E-state index is 0.0572. The first-order chi connectivity index (χ1) is 17.8. The first kappa shape index (κ1) is 25.6. The van der Waals surface area contributed by atoms with Crippen molar-refractivity contribution in [3.05, 3.63) is 77.4 Å². The molecule has 0 bridgehead atoms. The number of fused-ring (bicyclic) bond motifs is 1. The number of amides is 3. The van der Waals surface area contributed by atoms with Crippen molar-refractivity contribution >= 4 is 40.7 Å². The molecule has 1 heterocycles. The number of anilines is 4. The third-order valence-electron chi connectivity index (χ3n) is 6.19. The number of hydrogen-bond donors (Lipinski definition) is 4. The summed E-state index contributed by atoms with van der Waals surface area (Å²) in [4.78, 5) is 38.4. The van der Waals surface area contributed by atoms with Gasteiger partial charge in [-0.3, -0.25) is 9.59 Å². The van der Waals surface area contributed by atoms with Crippen LogP contribution in [0.25, 0.3) is 0 Å². The van der Waals surface area contributed by atoms with Gasteiger partial charge in [0.1, 0.15) is 5.75 Å². The minimum atomic E-state index is -0.842. The number of carboxylic acid groups (broad SMARTS) is 1. The van der Waals surface area contributed by atoms with Crippen LogP contribution in [0.2, 0.25) is 0 Å². The van der Waals surface area contributed by atoms with Crippen LogP contribution in [0.3, 0.4) is 0 Å². The maximum absolute atomic E-state index is 13.2. The van der Waals surface area contributed by atoms with E-state index in [4.69, 9.17) is 9.84 Å². The van der Waals surface area contributed by atoms with Crippen molar-refractivity contribution in [2.24, 2.45) is 0 Å². The number of nitrogens with one attached hydrogen (secondary N) is 3. The lowest BCUT2D eigenvalue weighted by Gasteiger charge is -2.31. The SMILES string of the molecule is COc1cc(CC(=O)N2CCNc3cc(CCC(=O)O)ccc32)ccc1NC(=O)Nc1ccccc1C. The molecule has 1 aliphatic heterocycles. The molecule has 3 amide bonds. The molecule has 0 saturated heterocycles. The van der Waals surface area contributed by atoms with E-state index in [1.165, 1.54) is 7.11 Å². The maximum Gasteiger partial charge on any atom is 0.323 e. The number of benzene rings is 3. The van der Waals surface area contributed by atoms with Crippen LogP contribution in [-0.4, -0.2) is 43.2 Å². The van der Waals surface area contributed by atoms with Crippen molar-refractivity contribution < 1.29 is 24.2 Å². The van der Waals surface area contributed by atoms with Crippen LogP contribution in [0.15, 0.2) is 60.7 Å². The molecule has 37 heavy (non-hydrogen) atoms. The van der Waals surface area contributed by atoms with Gasteiger partial charge < -0.3 is 30.7 Å². The number of urea groups is 1. The number of carbonyl (C=O) groups is 3. The Morgan fingerprint density at radius 3 is 2.51 bits per heavy atom. The van der Waals surface area contributed by atoms with Crippen molar-refractivity contribution in [3.63, 3.8) is 0 Å². The van der Waals surface area contributed by atoms with E-state index < -0.39 is 12.0 Å². The Labute approximate surface area is 215 Å². The molecule has 0 fully saturated rings. The molecule has 0 aromatic heterocycles. The Bertz CT molecular complexity index is 1320. The predicted octanol–water partition coefficient (Wildman–Crippen LogP) is 4.67. The van der Waals surface area contributed by atoms with E-state index in [0.717, 1.165) is 28.1 Å². The highest BCUT2D eigenvalue weighted by Gasteiger charge is 2.23. The number of aliphatic carboxylic acids is 1. The Morgan fingerprint density at radius 1 is 1.00 bits per heavy atom. The summed E-state index contributed by atoms with van der Waals surface area (Å²) in [7, 11) is 1.51. The molecular weight excluding hydrogens is 472 g/mol. The molecular formula is C28H30N4O5. The molecule has 3 aromatic rings. The first-order valence-corrected chi connectivity index (χ1v) is 12.0. The van der Waals surface area contributed by atoms with Gasteiger partial charge in [0, 0.05) is 25.2 Å². The molecule has 0 spiro atoms. The van der Waals surface area contributed by atoms with E-state index in [2.05, 4.69) is 16.0 Å². The molecule has 1 aliphatic rings. The van der Waals surface area contributed by atoms with Gasteiger partial charge in [-0.05, 0) is 60.4 Å². The molecule has 3 aromatic carbocycles. The molecule has 9 nitrogen and oxygen atoms in total. The van der Waals surface area contributed by atoms with Gasteiger partial charge in [-0.1, -0.05) is 30.3 Å². The van der Waals surface area contributed by atoms with Gasteiger partial charge >= 0.3 is 12.0 Å². The second-order valence-corrected chi connectivity index (χ2v) is 8.82. The Hall–Kier alpha value is -4.53. The van der Waals surface area contributed by atoms with E-state index >= 15 is 0 Å². The molecule has 0 aliphatic carbocycles. The third kappa shape index (κ3) is 6.38. The van der Waals surface area contributed by atoms with Gasteiger partial charge in [-0.2, -0.15) is 0 Å². The van der Waals surface area contributed by atoms with Crippen LogP contribution in [0.1, 0.15) is 23.1 Å². The van der Waals surface area contributed by atoms with Gasteiger partial charge in [0.2, 0.25) is 5.91 Å². The fourth-order valence-corrected chi connectivity index (χ4v) is 4.26. The number of aryl methyl sites for hydroxylation is 2. The highest BCUT2D eigenvalue weighted by molar-refractivity contribution is 6.01. The fraction of sp³-hybridized carbons (Fsp3) is 0.250. The highest BCUT2D eigenvalue weighted by Crippen LogP contribution is 2.32. The van der Waals surface area contributed by atoms with Gasteiger partial charge in [-0.15, -0.1) is 0 Å². The monoisotopic (exact) mass is 502 g/mol. The topological polar surface area (TPSA) is 120 Å². The predicted molar refractivity (Wildman–Crippen MR) is 144 cm³/mol. The Kier molecular flexibility index (Phi) is 7.92. The average Bonchev–Trinajstić information content (AvgIpc) is 2.89. The van der Waals surface area contributed by atoms with E-state index in [1.54, 1.807) is 23.1 Å². The fourth-order valence-electron chi connectivity index (χ4n) is 4.26. The number of methoxy groups -OCH3 is 1. The molecule has 9 heteroatoms. The lowest BCUT2D eigenvalue weighted by Crippen LogP contribution is -2.39. The summed E-state index contributed by atoms with van der Waals surface area (Å²) in [6.07, 6.45) is 0.648. The maximum atomic E-state index is 13.2. The second-order valence-electron chi connectivity index (χ2n) is 8.82. The largest absolute Gasteiger partial charge is 0.495 e. The first-order valence-electron chi connectivity index (χ1n) is 12.0. The summed E-state index contributed by atoms with van der Waals surface area (Å²) < 4.78 is 5.48. The second kappa shape index (κ2) is 11.5. The smallest absolute Gasteiger partial charge is 0.323 e. The number of carboxylic acids is 1. The summed E-state index contributed by atoms with van der Waals surface area (Å²) in [5, 5.41) is 17.9. The molecule has 0 radical (unpaired) electrons. The number of ether oxygens (including phenoxy) is 1. The number of carbonyl (C=O) groups excluding carboxylic acids is 2. The molecule has 4 N–H and O–H groups in total. The Balaban J connectivity index is 1.43. The zero-order valence-electron chi connectivity index (χ0n) is 20.8. The van der Waals surface area contributed by atoms with Gasteiger partial charge in [0.05, 0.1) is 30.6 Å². The van der Waals surface area contributed by atoms with Crippen LogP contribution in [0.4, 0.5) is 27.5 Å². The highest BCUT2D eigenvalue weighted by atomic mass is 16.5. The van der Waals surface area contributed by atoms with Gasteiger partial charge in [-0.25, -0.2) is 4.79 Å².